The highest BCUT2D eigenvalue weighted by Gasteiger charge is 2.42. The van der Waals surface area contributed by atoms with Crippen molar-refractivity contribution in [3.05, 3.63) is 144 Å². The van der Waals surface area contributed by atoms with E-state index >= 15 is 0 Å². The molecule has 4 aromatic carbocycles. The first-order chi connectivity index (χ1) is 24.0. The minimum absolute atomic E-state index is 0.0569. The number of aromatic nitrogens is 4. The van der Waals surface area contributed by atoms with E-state index in [0.717, 1.165) is 28.2 Å². The number of rotatable bonds is 11. The third-order valence-electron chi connectivity index (χ3n) is 8.80. The molecule has 0 saturated carbocycles. The summed E-state index contributed by atoms with van der Waals surface area (Å²) in [6.45, 7) is 0.0569. The molecule has 0 bridgehead atoms. The first kappa shape index (κ1) is 32.0. The largest absolute Gasteiger partial charge is 0.497 e. The fourth-order valence-corrected chi connectivity index (χ4v) is 6.25. The molecule has 1 fully saturated rings. The van der Waals surface area contributed by atoms with Gasteiger partial charge in [0.15, 0.2) is 5.65 Å². The molecule has 0 aliphatic carbocycles. The molecule has 7 rings (SSSR count). The molecule has 6 aromatic rings. The van der Waals surface area contributed by atoms with Crippen molar-refractivity contribution in [3.8, 4) is 11.5 Å². The van der Waals surface area contributed by atoms with Gasteiger partial charge in [-0.25, -0.2) is 4.98 Å². The minimum atomic E-state index is -1.07. The summed E-state index contributed by atoms with van der Waals surface area (Å²) in [4.78, 5) is 17.4. The van der Waals surface area contributed by atoms with Gasteiger partial charge in [0.1, 0.15) is 34.9 Å². The number of imidazole rings is 1. The number of hydrogen-bond donors (Lipinski definition) is 2. The second-order valence-electron chi connectivity index (χ2n) is 11.6. The van der Waals surface area contributed by atoms with Crippen LogP contribution in [-0.2, 0) is 15.1 Å². The highest BCUT2D eigenvalue weighted by Crippen LogP contribution is 2.43. The van der Waals surface area contributed by atoms with Gasteiger partial charge in [0, 0.05) is 12.0 Å². The van der Waals surface area contributed by atoms with Crippen LogP contribution >= 0.6 is 0 Å². The molecular weight excluding hydrogens is 622 g/mol. The van der Waals surface area contributed by atoms with Gasteiger partial charge in [-0.1, -0.05) is 72.8 Å². The molecule has 11 nitrogen and oxygen atoms in total. The number of methoxy groups -OCH3 is 2. The van der Waals surface area contributed by atoms with Crippen molar-refractivity contribution in [2.75, 3.05) is 26.1 Å². The van der Waals surface area contributed by atoms with Crippen molar-refractivity contribution in [1.29, 1.82) is 0 Å². The quantitative estimate of drug-likeness (QED) is 0.167. The van der Waals surface area contributed by atoms with Crippen LogP contribution < -0.4 is 14.8 Å². The Morgan fingerprint density at radius 3 is 2.08 bits per heavy atom. The third-order valence-corrected chi connectivity index (χ3v) is 8.80. The van der Waals surface area contributed by atoms with Gasteiger partial charge >= 0.3 is 0 Å². The predicted molar refractivity (Wildman–Crippen MR) is 183 cm³/mol. The summed E-state index contributed by atoms with van der Waals surface area (Å²) in [6.07, 6.45) is 1.18. The lowest BCUT2D eigenvalue weighted by Gasteiger charge is -2.37. The molecule has 1 aliphatic heterocycles. The number of aliphatic hydroxyl groups is 1. The van der Waals surface area contributed by atoms with Crippen molar-refractivity contribution < 1.29 is 28.8 Å². The van der Waals surface area contributed by atoms with Crippen LogP contribution in [0, 0.1) is 0 Å². The molecule has 49 heavy (non-hydrogen) atoms. The smallest absolute Gasteiger partial charge is 0.255 e. The van der Waals surface area contributed by atoms with Crippen LogP contribution in [0.3, 0.4) is 0 Å². The number of amides is 1. The van der Waals surface area contributed by atoms with Gasteiger partial charge in [-0.05, 0) is 53.1 Å². The van der Waals surface area contributed by atoms with Crippen molar-refractivity contribution in [3.63, 3.8) is 0 Å². The molecule has 3 heterocycles. The zero-order valence-electron chi connectivity index (χ0n) is 27.0. The SMILES string of the molecule is COc1ccc(C(OCC2OC(n3cnc4c(NC(=O)c5ccccc5)cnnc43)CC2O)(c2ccccc2)c2ccc(OC)cc2)cc1. The number of carbonyl (C=O) groups excluding carboxylic acids is 1. The lowest BCUT2D eigenvalue weighted by atomic mass is 9.80. The minimum Gasteiger partial charge on any atom is -0.497 e. The number of benzene rings is 4. The number of ether oxygens (including phenoxy) is 4. The van der Waals surface area contributed by atoms with Gasteiger partial charge in [-0.2, -0.15) is 5.10 Å². The fraction of sp³-hybridized carbons (Fsp3) is 0.211. The van der Waals surface area contributed by atoms with E-state index < -0.39 is 24.0 Å². The standard InChI is InChI=1S/C38H35N5O6/c1-46-29-17-13-27(14-18-29)38(26-11-7-4-8-12-26,28-15-19-30(47-2)20-16-28)48-23-33-32(44)21-34(49-33)43-24-39-35-31(22-40-42-36(35)43)41-37(45)25-9-5-3-6-10-25/h3-20,22,24,32-34,44H,21,23H2,1-2H3,(H,41,42,45). The van der Waals surface area contributed by atoms with E-state index in [1.165, 1.54) is 6.20 Å². The number of fused-ring (bicyclic) bond motifs is 1. The van der Waals surface area contributed by atoms with Crippen molar-refractivity contribution in [1.82, 2.24) is 19.7 Å². The van der Waals surface area contributed by atoms with Gasteiger partial charge in [0.2, 0.25) is 0 Å². The fourth-order valence-electron chi connectivity index (χ4n) is 6.25. The van der Waals surface area contributed by atoms with Crippen molar-refractivity contribution in [2.24, 2.45) is 0 Å². The molecule has 1 aliphatic rings. The summed E-state index contributed by atoms with van der Waals surface area (Å²) < 4.78 is 26.1. The van der Waals surface area contributed by atoms with E-state index in [-0.39, 0.29) is 18.9 Å². The lowest BCUT2D eigenvalue weighted by Crippen LogP contribution is -2.38. The average molecular weight is 658 g/mol. The second-order valence-corrected chi connectivity index (χ2v) is 11.6. The average Bonchev–Trinajstić information content (AvgIpc) is 3.76. The molecule has 3 unspecified atom stereocenters. The summed E-state index contributed by atoms with van der Waals surface area (Å²) in [7, 11) is 3.26. The zero-order chi connectivity index (χ0) is 33.8. The monoisotopic (exact) mass is 657 g/mol. The highest BCUT2D eigenvalue weighted by atomic mass is 16.6. The molecule has 2 aromatic heterocycles. The number of anilines is 1. The number of hydrogen-bond acceptors (Lipinski definition) is 9. The molecular formula is C38H35N5O6. The van der Waals surface area contributed by atoms with Crippen LogP contribution in [0.25, 0.3) is 11.2 Å². The van der Waals surface area contributed by atoms with E-state index in [2.05, 4.69) is 20.5 Å². The van der Waals surface area contributed by atoms with E-state index in [9.17, 15) is 9.90 Å². The van der Waals surface area contributed by atoms with E-state index in [4.69, 9.17) is 18.9 Å². The van der Waals surface area contributed by atoms with Gasteiger partial charge in [-0.3, -0.25) is 9.36 Å². The molecule has 3 atom stereocenters. The Morgan fingerprint density at radius 2 is 1.47 bits per heavy atom. The van der Waals surface area contributed by atoms with Gasteiger partial charge < -0.3 is 29.4 Å². The molecule has 248 valence electrons. The van der Waals surface area contributed by atoms with Gasteiger partial charge in [-0.15, -0.1) is 5.10 Å². The van der Waals surface area contributed by atoms with Crippen molar-refractivity contribution >= 4 is 22.8 Å². The summed E-state index contributed by atoms with van der Waals surface area (Å²) in [5, 5.41) is 22.6. The van der Waals surface area contributed by atoms with Crippen LogP contribution in [0.5, 0.6) is 11.5 Å². The zero-order valence-corrected chi connectivity index (χ0v) is 27.0. The predicted octanol–water partition coefficient (Wildman–Crippen LogP) is 5.75. The normalized spacial score (nSPS) is 17.6. The lowest BCUT2D eigenvalue weighted by molar-refractivity contribution is -0.0931. The molecule has 0 spiro atoms. The Morgan fingerprint density at radius 1 is 0.878 bits per heavy atom. The van der Waals surface area contributed by atoms with Crippen LogP contribution in [0.15, 0.2) is 122 Å². The van der Waals surface area contributed by atoms with Crippen LogP contribution in [0.2, 0.25) is 0 Å². The Kier molecular flexibility index (Phi) is 9.03. The van der Waals surface area contributed by atoms with Crippen LogP contribution in [0.4, 0.5) is 5.69 Å². The Balaban J connectivity index is 1.18. The first-order valence-electron chi connectivity index (χ1n) is 15.9. The summed E-state index contributed by atoms with van der Waals surface area (Å²) in [5.41, 5.74) is 3.37. The van der Waals surface area contributed by atoms with Crippen LogP contribution in [0.1, 0.15) is 39.7 Å². The molecule has 1 saturated heterocycles. The van der Waals surface area contributed by atoms with Crippen molar-refractivity contribution in [2.45, 2.75) is 30.5 Å². The highest BCUT2D eigenvalue weighted by molar-refractivity contribution is 6.07. The maximum atomic E-state index is 12.9. The molecule has 2 N–H and O–H groups in total. The Hall–Kier alpha value is -5.62. The third kappa shape index (κ3) is 6.22. The topological polar surface area (TPSA) is 130 Å². The van der Waals surface area contributed by atoms with Gasteiger partial charge in [0.05, 0.1) is 45.1 Å². The van der Waals surface area contributed by atoms with E-state index in [1.807, 2.05) is 84.9 Å². The number of nitrogens with one attached hydrogen (secondary N) is 1. The Labute approximate surface area is 283 Å². The number of aliphatic hydroxyl groups excluding tert-OH is 1. The Bertz CT molecular complexity index is 1970. The second kappa shape index (κ2) is 13.9. The summed E-state index contributed by atoms with van der Waals surface area (Å²) in [5.74, 6) is 1.15. The maximum absolute atomic E-state index is 12.9. The van der Waals surface area contributed by atoms with Gasteiger partial charge in [0.25, 0.3) is 5.91 Å². The molecule has 0 radical (unpaired) electrons. The first-order valence-corrected chi connectivity index (χ1v) is 15.9. The summed E-state index contributed by atoms with van der Waals surface area (Å²) >= 11 is 0. The molecule has 1 amide bonds. The maximum Gasteiger partial charge on any atom is 0.255 e. The summed E-state index contributed by atoms with van der Waals surface area (Å²) in [6, 6.07) is 34.4. The number of nitrogens with zero attached hydrogens (tertiary/aromatic N) is 4. The number of carbonyl (C=O) groups is 1. The van der Waals surface area contributed by atoms with E-state index in [0.29, 0.717) is 22.4 Å². The molecule has 11 heteroatoms. The van der Waals surface area contributed by atoms with Crippen LogP contribution in [-0.4, -0.2) is 63.8 Å². The van der Waals surface area contributed by atoms with E-state index in [1.54, 1.807) is 49.4 Å².